The van der Waals surface area contributed by atoms with Crippen molar-refractivity contribution in [2.75, 3.05) is 44.7 Å². The lowest BCUT2D eigenvalue weighted by atomic mass is 10.2. The van der Waals surface area contributed by atoms with Crippen LogP contribution in [0.2, 0.25) is 0 Å². The molecule has 2 aliphatic heterocycles. The molecule has 0 bridgehead atoms. The average molecular weight is 303 g/mol. The molecule has 1 aromatic heterocycles. The van der Waals surface area contributed by atoms with E-state index in [0.29, 0.717) is 26.1 Å². The number of pyridine rings is 1. The number of aromatic nitrogens is 1. The number of carbonyl (C=O) groups excluding carboxylic acids is 2. The van der Waals surface area contributed by atoms with Gasteiger partial charge in [0.15, 0.2) is 0 Å². The van der Waals surface area contributed by atoms with E-state index in [1.165, 1.54) is 0 Å². The number of nitrogens with zero attached hydrogens (tertiary/aromatic N) is 4. The van der Waals surface area contributed by atoms with Crippen LogP contribution in [0.3, 0.4) is 0 Å². The summed E-state index contributed by atoms with van der Waals surface area (Å²) in [5, 5.41) is 2.85. The quantitative estimate of drug-likeness (QED) is 0.844. The Bertz CT molecular complexity index is 542. The number of likely N-dealkylation sites (tertiary alicyclic amines) is 1. The zero-order valence-corrected chi connectivity index (χ0v) is 12.7. The molecule has 0 saturated carbocycles. The number of urea groups is 1. The van der Waals surface area contributed by atoms with Crippen molar-refractivity contribution in [2.45, 2.75) is 12.5 Å². The highest BCUT2D eigenvalue weighted by molar-refractivity contribution is 5.88. The summed E-state index contributed by atoms with van der Waals surface area (Å²) in [6.07, 6.45) is 2.46. The molecule has 2 aliphatic rings. The topological polar surface area (TPSA) is 68.8 Å². The first kappa shape index (κ1) is 14.6. The van der Waals surface area contributed by atoms with Gasteiger partial charge in [-0.15, -0.1) is 0 Å². The van der Waals surface area contributed by atoms with Gasteiger partial charge in [-0.25, -0.2) is 9.78 Å². The molecule has 0 unspecified atom stereocenters. The summed E-state index contributed by atoms with van der Waals surface area (Å²) in [5.74, 6) is 0.940. The van der Waals surface area contributed by atoms with Crippen LogP contribution in [0, 0.1) is 0 Å². The number of piperazine rings is 1. The predicted octanol–water partition coefficient (Wildman–Crippen LogP) is 0.144. The lowest BCUT2D eigenvalue weighted by molar-refractivity contribution is -0.128. The molecule has 0 spiro atoms. The van der Waals surface area contributed by atoms with Crippen molar-refractivity contribution in [1.29, 1.82) is 0 Å². The maximum atomic E-state index is 12.3. The lowest BCUT2D eigenvalue weighted by Crippen LogP contribution is -2.54. The average Bonchev–Trinajstić information content (AvgIpc) is 2.88. The molecule has 118 valence electrons. The molecule has 7 heteroatoms. The van der Waals surface area contributed by atoms with Gasteiger partial charge in [-0.2, -0.15) is 0 Å². The first-order chi connectivity index (χ1) is 10.6. The van der Waals surface area contributed by atoms with Crippen molar-refractivity contribution in [3.63, 3.8) is 0 Å². The Hall–Kier alpha value is -2.31. The Morgan fingerprint density at radius 1 is 1.23 bits per heavy atom. The molecule has 3 rings (SSSR count). The molecule has 22 heavy (non-hydrogen) atoms. The van der Waals surface area contributed by atoms with E-state index in [1.807, 2.05) is 18.2 Å². The number of hydrogen-bond donors (Lipinski definition) is 1. The number of carbonyl (C=O) groups is 2. The number of nitrogens with one attached hydrogen (secondary N) is 1. The Labute approximate surface area is 129 Å². The van der Waals surface area contributed by atoms with E-state index in [-0.39, 0.29) is 18.0 Å². The minimum atomic E-state index is -0.369. The van der Waals surface area contributed by atoms with E-state index < -0.39 is 0 Å². The number of amides is 3. The van der Waals surface area contributed by atoms with E-state index in [1.54, 1.807) is 23.0 Å². The second-order valence-electron chi connectivity index (χ2n) is 5.71. The van der Waals surface area contributed by atoms with E-state index in [4.69, 9.17) is 0 Å². The van der Waals surface area contributed by atoms with Gasteiger partial charge in [-0.05, 0) is 18.6 Å². The molecule has 1 aromatic rings. The number of hydrogen-bond acceptors (Lipinski definition) is 4. The molecule has 2 saturated heterocycles. The molecule has 1 atom stereocenters. The van der Waals surface area contributed by atoms with E-state index >= 15 is 0 Å². The van der Waals surface area contributed by atoms with Gasteiger partial charge in [-0.3, -0.25) is 4.79 Å². The number of likely N-dealkylation sites (N-methyl/N-ethyl adjacent to an activating group) is 1. The highest BCUT2D eigenvalue weighted by Gasteiger charge is 2.32. The van der Waals surface area contributed by atoms with Crippen molar-refractivity contribution >= 4 is 17.8 Å². The van der Waals surface area contributed by atoms with Crippen molar-refractivity contribution in [3.05, 3.63) is 24.4 Å². The standard InChI is InChI=1S/C15H21N5O2/c1-18-7-5-12(14(18)21)17-15(22)20-10-8-19(9-11-20)13-4-2-3-6-16-13/h2-4,6,12H,5,7-11H2,1H3,(H,17,22)/t12-/m0/s1. The minimum absolute atomic E-state index is 0.000437. The van der Waals surface area contributed by atoms with E-state index in [2.05, 4.69) is 15.2 Å². The number of anilines is 1. The van der Waals surface area contributed by atoms with Gasteiger partial charge in [0, 0.05) is 46.0 Å². The van der Waals surface area contributed by atoms with Crippen molar-refractivity contribution < 1.29 is 9.59 Å². The smallest absolute Gasteiger partial charge is 0.318 e. The van der Waals surface area contributed by atoms with Gasteiger partial charge in [0.1, 0.15) is 11.9 Å². The molecule has 7 nitrogen and oxygen atoms in total. The van der Waals surface area contributed by atoms with E-state index in [9.17, 15) is 9.59 Å². The number of rotatable bonds is 2. The fourth-order valence-electron chi connectivity index (χ4n) is 2.88. The van der Waals surface area contributed by atoms with Gasteiger partial charge in [0.2, 0.25) is 5.91 Å². The van der Waals surface area contributed by atoms with Crippen LogP contribution in [-0.2, 0) is 4.79 Å². The fourth-order valence-corrected chi connectivity index (χ4v) is 2.88. The summed E-state index contributed by atoms with van der Waals surface area (Å²) in [5.41, 5.74) is 0. The van der Waals surface area contributed by atoms with Crippen LogP contribution in [0.4, 0.5) is 10.6 Å². The maximum absolute atomic E-state index is 12.3. The van der Waals surface area contributed by atoms with Gasteiger partial charge >= 0.3 is 6.03 Å². The Balaban J connectivity index is 1.51. The summed E-state index contributed by atoms with van der Waals surface area (Å²) >= 11 is 0. The molecule has 3 amide bonds. The molecule has 2 fully saturated rings. The summed E-state index contributed by atoms with van der Waals surface area (Å²) < 4.78 is 0. The third-order valence-corrected chi connectivity index (χ3v) is 4.27. The molecule has 1 N–H and O–H groups in total. The maximum Gasteiger partial charge on any atom is 0.318 e. The molecular formula is C15H21N5O2. The monoisotopic (exact) mass is 303 g/mol. The van der Waals surface area contributed by atoms with Crippen LogP contribution in [0.25, 0.3) is 0 Å². The molecule has 0 aromatic carbocycles. The zero-order chi connectivity index (χ0) is 15.5. The second kappa shape index (κ2) is 6.21. The van der Waals surface area contributed by atoms with Crippen LogP contribution >= 0.6 is 0 Å². The summed E-state index contributed by atoms with van der Waals surface area (Å²) in [7, 11) is 1.76. The highest BCUT2D eigenvalue weighted by Crippen LogP contribution is 2.13. The highest BCUT2D eigenvalue weighted by atomic mass is 16.2. The van der Waals surface area contributed by atoms with Gasteiger partial charge < -0.3 is 20.0 Å². The van der Waals surface area contributed by atoms with Gasteiger partial charge in [-0.1, -0.05) is 6.07 Å². The zero-order valence-electron chi connectivity index (χ0n) is 12.7. The molecule has 0 aliphatic carbocycles. The summed E-state index contributed by atoms with van der Waals surface area (Å²) in [6, 6.07) is 5.32. The first-order valence-electron chi connectivity index (χ1n) is 7.61. The third kappa shape index (κ3) is 2.98. The van der Waals surface area contributed by atoms with Crippen LogP contribution in [0.1, 0.15) is 6.42 Å². The second-order valence-corrected chi connectivity index (χ2v) is 5.71. The third-order valence-electron chi connectivity index (χ3n) is 4.27. The molecular weight excluding hydrogens is 282 g/mol. The van der Waals surface area contributed by atoms with Gasteiger partial charge in [0.05, 0.1) is 0 Å². The molecule has 0 radical (unpaired) electrons. The SMILES string of the molecule is CN1CC[C@H](NC(=O)N2CCN(c3ccccn3)CC2)C1=O. The van der Waals surface area contributed by atoms with E-state index in [0.717, 1.165) is 18.9 Å². The Morgan fingerprint density at radius 2 is 2.00 bits per heavy atom. The van der Waals surface area contributed by atoms with Crippen LogP contribution in [0.5, 0.6) is 0 Å². The fraction of sp³-hybridized carbons (Fsp3) is 0.533. The van der Waals surface area contributed by atoms with Crippen molar-refractivity contribution in [2.24, 2.45) is 0 Å². The van der Waals surface area contributed by atoms with Gasteiger partial charge in [0.25, 0.3) is 0 Å². The first-order valence-corrected chi connectivity index (χ1v) is 7.61. The van der Waals surface area contributed by atoms with Crippen LogP contribution in [0.15, 0.2) is 24.4 Å². The predicted molar refractivity (Wildman–Crippen MR) is 82.6 cm³/mol. The minimum Gasteiger partial charge on any atom is -0.353 e. The van der Waals surface area contributed by atoms with Crippen LogP contribution in [-0.4, -0.2) is 72.5 Å². The van der Waals surface area contributed by atoms with Crippen molar-refractivity contribution in [3.8, 4) is 0 Å². The molecule has 3 heterocycles. The summed E-state index contributed by atoms with van der Waals surface area (Å²) in [6.45, 7) is 3.49. The van der Waals surface area contributed by atoms with Crippen LogP contribution < -0.4 is 10.2 Å². The Morgan fingerprint density at radius 3 is 2.59 bits per heavy atom. The lowest BCUT2D eigenvalue weighted by Gasteiger charge is -2.35. The Kier molecular flexibility index (Phi) is 4.13. The largest absolute Gasteiger partial charge is 0.353 e. The van der Waals surface area contributed by atoms with Crippen molar-refractivity contribution in [1.82, 2.24) is 20.1 Å². The normalized spacial score (nSPS) is 22.1. The summed E-state index contributed by atoms with van der Waals surface area (Å²) in [4.78, 5) is 34.0.